The van der Waals surface area contributed by atoms with Crippen LogP contribution in [0.5, 0.6) is 0 Å². The maximum atomic E-state index is 10.7. The molecule has 0 amide bonds. The summed E-state index contributed by atoms with van der Waals surface area (Å²) < 4.78 is 8.85. The summed E-state index contributed by atoms with van der Waals surface area (Å²) in [7, 11) is 0. The summed E-state index contributed by atoms with van der Waals surface area (Å²) >= 11 is 0. The molecule has 0 aliphatic rings. The highest BCUT2D eigenvalue weighted by Crippen LogP contribution is 1.85. The molecule has 0 aromatic carbocycles. The molecule has 0 atom stereocenters. The number of carbonyl (C=O) groups is 2. The summed E-state index contributed by atoms with van der Waals surface area (Å²) in [6.07, 6.45) is 4.32. The van der Waals surface area contributed by atoms with E-state index in [0.717, 1.165) is 18.4 Å². The Bertz CT molecular complexity index is 240. The van der Waals surface area contributed by atoms with Gasteiger partial charge in [0, 0.05) is 12.2 Å². The predicted molar refractivity (Wildman–Crippen MR) is 46.6 cm³/mol. The molecule has 0 unspecified atom stereocenters. The Balaban J connectivity index is 3.82. The third kappa shape index (κ3) is 6.55. The molecule has 0 aromatic rings. The van der Waals surface area contributed by atoms with Gasteiger partial charge in [-0.2, -0.15) is 0 Å². The van der Waals surface area contributed by atoms with Crippen molar-refractivity contribution in [2.45, 2.75) is 0 Å². The molecule has 0 rings (SSSR count). The topological polar surface area (TPSA) is 52.6 Å². The van der Waals surface area contributed by atoms with Gasteiger partial charge in [-0.1, -0.05) is 19.2 Å². The standard InChI is InChI=1S/C9H10O4/c1-3-7-13-9(11)6-5-8(10)12-4-2/h3-6H,1-2,7H2/b6-5-. The molecule has 0 saturated carbocycles. The number of hydrogen-bond acceptors (Lipinski definition) is 4. The summed E-state index contributed by atoms with van der Waals surface area (Å²) in [5, 5.41) is 0. The van der Waals surface area contributed by atoms with Crippen LogP contribution in [0.3, 0.4) is 0 Å². The number of rotatable bonds is 5. The number of carbonyl (C=O) groups excluding carboxylic acids is 2. The third-order valence-corrected chi connectivity index (χ3v) is 0.898. The monoisotopic (exact) mass is 182 g/mol. The van der Waals surface area contributed by atoms with Crippen molar-refractivity contribution in [1.29, 1.82) is 0 Å². The van der Waals surface area contributed by atoms with Crippen molar-refractivity contribution in [3.63, 3.8) is 0 Å². The highest BCUT2D eigenvalue weighted by atomic mass is 16.5. The zero-order valence-electron chi connectivity index (χ0n) is 7.06. The van der Waals surface area contributed by atoms with Crippen LogP contribution in [0.25, 0.3) is 0 Å². The first-order valence-electron chi connectivity index (χ1n) is 3.48. The molecule has 0 aliphatic heterocycles. The molecule has 4 heteroatoms. The lowest BCUT2D eigenvalue weighted by molar-refractivity contribution is -0.137. The van der Waals surface area contributed by atoms with Gasteiger partial charge in [0.15, 0.2) is 0 Å². The largest absolute Gasteiger partial charge is 0.458 e. The Morgan fingerprint density at radius 3 is 2.31 bits per heavy atom. The summed E-state index contributed by atoms with van der Waals surface area (Å²) in [4.78, 5) is 21.3. The van der Waals surface area contributed by atoms with Crippen molar-refractivity contribution < 1.29 is 19.1 Å². The van der Waals surface area contributed by atoms with Gasteiger partial charge >= 0.3 is 11.9 Å². The van der Waals surface area contributed by atoms with E-state index in [-0.39, 0.29) is 6.61 Å². The first kappa shape index (κ1) is 11.2. The van der Waals surface area contributed by atoms with Gasteiger partial charge in [-0.05, 0) is 0 Å². The van der Waals surface area contributed by atoms with Gasteiger partial charge in [0.05, 0.1) is 6.26 Å². The van der Waals surface area contributed by atoms with E-state index >= 15 is 0 Å². The molecule has 0 fully saturated rings. The molecule has 0 N–H and O–H groups in total. The van der Waals surface area contributed by atoms with Crippen LogP contribution in [0.2, 0.25) is 0 Å². The van der Waals surface area contributed by atoms with Gasteiger partial charge in [0.2, 0.25) is 0 Å². The van der Waals surface area contributed by atoms with Crippen LogP contribution in [-0.2, 0) is 19.1 Å². The van der Waals surface area contributed by atoms with Gasteiger partial charge in [-0.3, -0.25) is 0 Å². The minimum absolute atomic E-state index is 0.111. The summed E-state index contributed by atoms with van der Waals surface area (Å²) in [6, 6.07) is 0. The number of esters is 2. The third-order valence-electron chi connectivity index (χ3n) is 0.898. The Morgan fingerprint density at radius 1 is 1.15 bits per heavy atom. The Morgan fingerprint density at radius 2 is 1.77 bits per heavy atom. The van der Waals surface area contributed by atoms with Crippen LogP contribution in [0, 0.1) is 0 Å². The van der Waals surface area contributed by atoms with Crippen molar-refractivity contribution in [2.24, 2.45) is 0 Å². The van der Waals surface area contributed by atoms with Crippen LogP contribution in [0.1, 0.15) is 0 Å². The maximum absolute atomic E-state index is 10.7. The molecule has 0 aliphatic carbocycles. The van der Waals surface area contributed by atoms with E-state index in [1.807, 2.05) is 0 Å². The second-order valence-electron chi connectivity index (χ2n) is 1.86. The van der Waals surface area contributed by atoms with Crippen LogP contribution >= 0.6 is 0 Å². The van der Waals surface area contributed by atoms with Gasteiger partial charge < -0.3 is 9.47 Å². The van der Waals surface area contributed by atoms with Crippen molar-refractivity contribution in [2.75, 3.05) is 6.61 Å². The van der Waals surface area contributed by atoms with E-state index in [2.05, 4.69) is 22.6 Å². The molecular weight excluding hydrogens is 172 g/mol. The van der Waals surface area contributed by atoms with E-state index in [4.69, 9.17) is 0 Å². The zero-order chi connectivity index (χ0) is 10.1. The smallest absolute Gasteiger partial charge is 0.335 e. The molecule has 0 radical (unpaired) electrons. The Kier molecular flexibility index (Phi) is 5.88. The first-order chi connectivity index (χ1) is 6.20. The molecule has 70 valence electrons. The average molecular weight is 182 g/mol. The van der Waals surface area contributed by atoms with Crippen molar-refractivity contribution >= 4 is 11.9 Å². The Labute approximate surface area is 76.1 Å². The molecule has 0 bridgehead atoms. The summed E-state index contributed by atoms with van der Waals surface area (Å²) in [5.74, 6) is -1.30. The molecule has 13 heavy (non-hydrogen) atoms. The lowest BCUT2D eigenvalue weighted by Crippen LogP contribution is -2.02. The minimum atomic E-state index is -0.675. The van der Waals surface area contributed by atoms with Crippen molar-refractivity contribution in [1.82, 2.24) is 0 Å². The van der Waals surface area contributed by atoms with E-state index in [0.29, 0.717) is 0 Å². The molecular formula is C9H10O4. The molecule has 0 saturated heterocycles. The highest BCUT2D eigenvalue weighted by molar-refractivity contribution is 5.91. The van der Waals surface area contributed by atoms with Crippen LogP contribution in [-0.4, -0.2) is 18.5 Å². The van der Waals surface area contributed by atoms with Crippen LogP contribution in [0.15, 0.2) is 37.6 Å². The fraction of sp³-hybridized carbons (Fsp3) is 0.111. The van der Waals surface area contributed by atoms with Gasteiger partial charge in [0.25, 0.3) is 0 Å². The van der Waals surface area contributed by atoms with Crippen molar-refractivity contribution in [3.8, 4) is 0 Å². The van der Waals surface area contributed by atoms with Crippen molar-refractivity contribution in [3.05, 3.63) is 37.6 Å². The SMILES string of the molecule is C=CCOC(=O)/C=C\C(=O)OC=C. The minimum Gasteiger partial charge on any atom is -0.458 e. The molecule has 0 spiro atoms. The van der Waals surface area contributed by atoms with E-state index in [9.17, 15) is 9.59 Å². The highest BCUT2D eigenvalue weighted by Gasteiger charge is 1.97. The van der Waals surface area contributed by atoms with E-state index in [1.165, 1.54) is 6.08 Å². The lowest BCUT2D eigenvalue weighted by atomic mass is 10.5. The van der Waals surface area contributed by atoms with Crippen LogP contribution < -0.4 is 0 Å². The van der Waals surface area contributed by atoms with E-state index < -0.39 is 11.9 Å². The second-order valence-corrected chi connectivity index (χ2v) is 1.86. The summed E-state index contributed by atoms with van der Waals surface area (Å²) in [5.41, 5.74) is 0. The molecule has 4 nitrogen and oxygen atoms in total. The quantitative estimate of drug-likeness (QED) is 0.275. The van der Waals surface area contributed by atoms with E-state index in [1.54, 1.807) is 0 Å². The average Bonchev–Trinajstić information content (AvgIpc) is 2.12. The van der Waals surface area contributed by atoms with Crippen LogP contribution in [0.4, 0.5) is 0 Å². The lowest BCUT2D eigenvalue weighted by Gasteiger charge is -1.94. The first-order valence-corrected chi connectivity index (χ1v) is 3.48. The van der Waals surface area contributed by atoms with Gasteiger partial charge in [0.1, 0.15) is 6.61 Å². The Hall–Kier alpha value is -1.84. The molecule has 0 heterocycles. The maximum Gasteiger partial charge on any atom is 0.335 e. The summed E-state index contributed by atoms with van der Waals surface area (Å²) in [6.45, 7) is 6.63. The second kappa shape index (κ2) is 6.84. The fourth-order valence-electron chi connectivity index (χ4n) is 0.447. The normalized spacial score (nSPS) is 9.23. The van der Waals surface area contributed by atoms with Gasteiger partial charge in [-0.25, -0.2) is 9.59 Å². The predicted octanol–water partition coefficient (Wildman–Crippen LogP) is 0.958. The fourth-order valence-corrected chi connectivity index (χ4v) is 0.447. The van der Waals surface area contributed by atoms with Gasteiger partial charge in [-0.15, -0.1) is 0 Å². The molecule has 0 aromatic heterocycles. The zero-order valence-corrected chi connectivity index (χ0v) is 7.06. The number of hydrogen-bond donors (Lipinski definition) is 0. The number of ether oxygens (including phenoxy) is 2.